The SMILES string of the molecule is CC(/C=C(\[S-])c1c(C)cc(C)cc1C)=Nc1c(C)cccc1C.[Cl][Ti+]([Cl])[Cl]. The molecule has 1 nitrogen and oxygen atoms in total. The van der Waals surface area contributed by atoms with E-state index in [9.17, 15) is 0 Å². The fourth-order valence-corrected chi connectivity index (χ4v) is 3.51. The van der Waals surface area contributed by atoms with Crippen LogP contribution in [-0.2, 0) is 27.3 Å². The van der Waals surface area contributed by atoms with E-state index in [0.29, 0.717) is 0 Å². The Hall–Kier alpha value is -0.346. The maximum atomic E-state index is 5.66. The summed E-state index contributed by atoms with van der Waals surface area (Å²) in [6, 6.07) is 10.6. The van der Waals surface area contributed by atoms with Crippen molar-refractivity contribution >= 4 is 56.8 Å². The average Bonchev–Trinajstić information content (AvgIpc) is 2.49. The van der Waals surface area contributed by atoms with Crippen LogP contribution >= 0.6 is 27.9 Å². The predicted octanol–water partition coefficient (Wildman–Crippen LogP) is 7.98. The van der Waals surface area contributed by atoms with Crippen molar-refractivity contribution in [3.63, 3.8) is 0 Å². The van der Waals surface area contributed by atoms with E-state index in [1.165, 1.54) is 27.8 Å². The molecule has 0 aliphatic heterocycles. The minimum absolute atomic E-state index is 0.854. The summed E-state index contributed by atoms with van der Waals surface area (Å²) in [6.07, 6.45) is 2.01. The van der Waals surface area contributed by atoms with Crippen LogP contribution in [0.2, 0.25) is 0 Å². The minimum atomic E-state index is -1.92. The Morgan fingerprint density at radius 2 is 1.37 bits per heavy atom. The Bertz CT molecular complexity index is 814. The van der Waals surface area contributed by atoms with E-state index in [1.807, 2.05) is 13.0 Å². The Morgan fingerprint density at radius 3 is 1.81 bits per heavy atom. The number of hydrogen-bond donors (Lipinski definition) is 0. The molecule has 0 aromatic heterocycles. The van der Waals surface area contributed by atoms with Crippen molar-refractivity contribution in [2.45, 2.75) is 41.5 Å². The van der Waals surface area contributed by atoms with Crippen LogP contribution in [0.5, 0.6) is 0 Å². The fraction of sp³-hybridized carbons (Fsp3) is 0.286. The molecule has 2 aromatic carbocycles. The molecule has 0 fully saturated rings. The molecule has 0 heterocycles. The molecule has 0 radical (unpaired) electrons. The molecule has 0 unspecified atom stereocenters. The van der Waals surface area contributed by atoms with Crippen LogP contribution in [0.25, 0.3) is 4.91 Å². The second-order valence-corrected chi connectivity index (χ2v) is 14.7. The molecule has 0 bridgehead atoms. The second-order valence-electron chi connectivity index (χ2n) is 6.49. The second kappa shape index (κ2) is 11.6. The van der Waals surface area contributed by atoms with E-state index in [-0.39, 0.29) is 0 Å². The van der Waals surface area contributed by atoms with Gasteiger partial charge < -0.3 is 12.6 Å². The van der Waals surface area contributed by atoms with Crippen molar-refractivity contribution in [2.24, 2.45) is 4.99 Å². The zero-order valence-corrected chi connectivity index (χ0v) is 21.1. The number of para-hydroxylation sites is 1. The first-order valence-electron chi connectivity index (χ1n) is 8.44. The summed E-state index contributed by atoms with van der Waals surface area (Å²) in [5.74, 6) is 0. The van der Waals surface area contributed by atoms with Crippen molar-refractivity contribution in [1.29, 1.82) is 0 Å². The van der Waals surface area contributed by atoms with Gasteiger partial charge in [-0.05, 0) is 69.4 Å². The predicted molar refractivity (Wildman–Crippen MR) is 122 cm³/mol. The molecule has 2 aromatic rings. The van der Waals surface area contributed by atoms with Gasteiger partial charge in [-0.3, -0.25) is 4.99 Å². The molecule has 6 heteroatoms. The standard InChI is InChI=1S/C21H25NS.3ClH.Ti/c1-13-10-16(4)20(17(5)11-13)19(23)12-18(6)22-21-14(2)8-7-9-15(21)3;;;;/h7-12,23H,1-6H3;3*1H;/q;;;;+4/p-4/b19-12-,22-18?;;;;. The van der Waals surface area contributed by atoms with E-state index < -0.39 is 14.7 Å². The number of halogens is 3. The van der Waals surface area contributed by atoms with E-state index in [2.05, 4.69) is 65.0 Å². The summed E-state index contributed by atoms with van der Waals surface area (Å²) >= 11 is 3.74. The summed E-state index contributed by atoms with van der Waals surface area (Å²) in [5.41, 5.74) is 9.23. The van der Waals surface area contributed by atoms with Gasteiger partial charge in [-0.2, -0.15) is 4.91 Å². The van der Waals surface area contributed by atoms with Crippen LogP contribution in [0, 0.1) is 34.6 Å². The molecule has 0 spiro atoms. The molecule has 0 aliphatic rings. The van der Waals surface area contributed by atoms with Crippen molar-refractivity contribution in [3.05, 3.63) is 69.8 Å². The molecule has 27 heavy (non-hydrogen) atoms. The summed E-state index contributed by atoms with van der Waals surface area (Å²) < 4.78 is 0. The Morgan fingerprint density at radius 1 is 0.926 bits per heavy atom. The van der Waals surface area contributed by atoms with Crippen LogP contribution in [0.4, 0.5) is 5.69 Å². The third kappa shape index (κ3) is 8.27. The van der Waals surface area contributed by atoms with Gasteiger partial charge in [0, 0.05) is 5.71 Å². The van der Waals surface area contributed by atoms with Gasteiger partial charge in [0.1, 0.15) is 0 Å². The van der Waals surface area contributed by atoms with E-state index in [0.717, 1.165) is 21.9 Å². The van der Waals surface area contributed by atoms with E-state index in [1.54, 1.807) is 0 Å². The van der Waals surface area contributed by atoms with E-state index >= 15 is 0 Å². The molecule has 0 saturated carbocycles. The summed E-state index contributed by atoms with van der Waals surface area (Å²) in [5, 5.41) is 0. The molecular weight excluding hydrogens is 453 g/mol. The van der Waals surface area contributed by atoms with Gasteiger partial charge in [0.2, 0.25) is 0 Å². The molecule has 0 saturated heterocycles. The first kappa shape index (κ1) is 24.7. The molecule has 2 rings (SSSR count). The van der Waals surface area contributed by atoms with Crippen LogP contribution in [0.3, 0.4) is 0 Å². The molecule has 0 amide bonds. The van der Waals surface area contributed by atoms with Gasteiger partial charge in [0.05, 0.1) is 5.69 Å². The maximum absolute atomic E-state index is 5.66. The molecule has 0 N–H and O–H groups in total. The number of aliphatic imine (C=N–C) groups is 1. The zero-order chi connectivity index (χ0) is 20.7. The zero-order valence-electron chi connectivity index (χ0n) is 16.5. The van der Waals surface area contributed by atoms with Gasteiger partial charge in [-0.1, -0.05) is 42.0 Å². The van der Waals surface area contributed by atoms with Crippen LogP contribution < -0.4 is 0 Å². The van der Waals surface area contributed by atoms with Crippen molar-refractivity contribution < 1.29 is 14.7 Å². The quantitative estimate of drug-likeness (QED) is 0.248. The molecular formula is C21H24Cl3NSTi. The van der Waals surface area contributed by atoms with E-state index in [4.69, 9.17) is 45.5 Å². The fourth-order valence-electron chi connectivity index (χ4n) is 3.02. The first-order valence-corrected chi connectivity index (χ1v) is 15.3. The number of nitrogens with zero attached hydrogens (tertiary/aromatic N) is 1. The number of benzene rings is 2. The third-order valence-corrected chi connectivity index (χ3v) is 4.31. The third-order valence-electron chi connectivity index (χ3n) is 3.99. The normalized spacial score (nSPS) is 11.7. The van der Waals surface area contributed by atoms with Crippen molar-refractivity contribution in [1.82, 2.24) is 0 Å². The van der Waals surface area contributed by atoms with Crippen LogP contribution in [0.1, 0.15) is 40.3 Å². The molecule has 0 aliphatic carbocycles. The first-order chi connectivity index (χ1) is 12.5. The van der Waals surface area contributed by atoms with Gasteiger partial charge in [0.15, 0.2) is 0 Å². The molecule has 0 atom stereocenters. The number of rotatable bonds is 3. The monoisotopic (exact) mass is 475 g/mol. The van der Waals surface area contributed by atoms with Crippen molar-refractivity contribution in [2.75, 3.05) is 0 Å². The van der Waals surface area contributed by atoms with Gasteiger partial charge in [0.25, 0.3) is 0 Å². The average molecular weight is 477 g/mol. The summed E-state index contributed by atoms with van der Waals surface area (Å²) in [7, 11) is 14.9. The number of hydrogen-bond acceptors (Lipinski definition) is 2. The number of allylic oxidation sites excluding steroid dienone is 1. The van der Waals surface area contributed by atoms with Gasteiger partial charge >= 0.3 is 42.6 Å². The topological polar surface area (TPSA) is 12.4 Å². The Balaban J connectivity index is 0.000000828. The van der Waals surface area contributed by atoms with Crippen molar-refractivity contribution in [3.8, 4) is 0 Å². The summed E-state index contributed by atoms with van der Waals surface area (Å²) in [6.45, 7) is 12.5. The van der Waals surface area contributed by atoms with Gasteiger partial charge in [-0.15, -0.1) is 0 Å². The Labute approximate surface area is 186 Å². The Kier molecular flexibility index (Phi) is 10.6. The van der Waals surface area contributed by atoms with Gasteiger partial charge in [-0.25, -0.2) is 0 Å². The summed E-state index contributed by atoms with van der Waals surface area (Å²) in [4.78, 5) is 5.63. The number of aryl methyl sites for hydroxylation is 5. The van der Waals surface area contributed by atoms with Crippen LogP contribution in [-0.4, -0.2) is 5.71 Å². The van der Waals surface area contributed by atoms with Crippen LogP contribution in [0.15, 0.2) is 41.4 Å². The molecule has 144 valence electrons.